The van der Waals surface area contributed by atoms with Gasteiger partial charge in [-0.3, -0.25) is 14.5 Å². The number of rotatable bonds is 2. The Hall–Kier alpha value is -2.17. The predicted octanol–water partition coefficient (Wildman–Crippen LogP) is 2.14. The lowest BCUT2D eigenvalue weighted by Gasteiger charge is -2.32. The summed E-state index contributed by atoms with van der Waals surface area (Å²) in [5.74, 6) is 0.430. The van der Waals surface area contributed by atoms with Crippen molar-refractivity contribution >= 4 is 5.91 Å². The molecular formula is C16H20N4O. The predicted molar refractivity (Wildman–Crippen MR) is 80.1 cm³/mol. The smallest absolute Gasteiger partial charge is 0.274 e. The van der Waals surface area contributed by atoms with Crippen molar-refractivity contribution in [2.75, 3.05) is 13.1 Å². The maximum absolute atomic E-state index is 12.5. The van der Waals surface area contributed by atoms with E-state index >= 15 is 0 Å². The van der Waals surface area contributed by atoms with Crippen LogP contribution in [-0.2, 0) is 7.05 Å². The van der Waals surface area contributed by atoms with Gasteiger partial charge in [-0.25, -0.2) is 0 Å². The summed E-state index contributed by atoms with van der Waals surface area (Å²) in [6, 6.07) is 5.97. The molecule has 5 nitrogen and oxygen atoms in total. The fraction of sp³-hybridized carbons (Fsp3) is 0.438. The molecule has 0 radical (unpaired) electrons. The Balaban J connectivity index is 1.75. The minimum atomic E-state index is 0.0334. The van der Waals surface area contributed by atoms with E-state index in [0.717, 1.165) is 31.6 Å². The van der Waals surface area contributed by atoms with Crippen molar-refractivity contribution < 1.29 is 4.79 Å². The first-order valence-electron chi connectivity index (χ1n) is 7.35. The molecule has 21 heavy (non-hydrogen) atoms. The summed E-state index contributed by atoms with van der Waals surface area (Å²) in [5.41, 5.74) is 2.84. The molecule has 0 spiro atoms. The second kappa shape index (κ2) is 5.68. The number of aryl methyl sites for hydroxylation is 2. The number of aromatic nitrogens is 3. The zero-order chi connectivity index (χ0) is 14.8. The van der Waals surface area contributed by atoms with Gasteiger partial charge >= 0.3 is 0 Å². The summed E-state index contributed by atoms with van der Waals surface area (Å²) in [7, 11) is 1.83. The molecule has 110 valence electrons. The lowest BCUT2D eigenvalue weighted by atomic mass is 9.90. The number of nitrogens with zero attached hydrogens (tertiary/aromatic N) is 4. The summed E-state index contributed by atoms with van der Waals surface area (Å²) in [6.07, 6.45) is 5.81. The maximum atomic E-state index is 12.5. The molecule has 3 rings (SSSR count). The highest BCUT2D eigenvalue weighted by Crippen LogP contribution is 2.27. The van der Waals surface area contributed by atoms with Crippen molar-refractivity contribution in [1.29, 1.82) is 0 Å². The van der Waals surface area contributed by atoms with Crippen molar-refractivity contribution in [3.05, 3.63) is 47.5 Å². The summed E-state index contributed by atoms with van der Waals surface area (Å²) in [4.78, 5) is 18.7. The van der Waals surface area contributed by atoms with Crippen LogP contribution in [0.25, 0.3) is 0 Å². The zero-order valence-electron chi connectivity index (χ0n) is 12.5. The van der Waals surface area contributed by atoms with E-state index in [1.54, 1.807) is 16.9 Å². The molecule has 1 amide bonds. The third-order valence-corrected chi connectivity index (χ3v) is 4.03. The van der Waals surface area contributed by atoms with Crippen molar-refractivity contribution in [2.45, 2.75) is 25.7 Å². The van der Waals surface area contributed by atoms with Crippen LogP contribution in [0.2, 0.25) is 0 Å². The van der Waals surface area contributed by atoms with Crippen molar-refractivity contribution in [1.82, 2.24) is 19.7 Å². The summed E-state index contributed by atoms with van der Waals surface area (Å²) in [6.45, 7) is 3.58. The first-order chi connectivity index (χ1) is 10.1. The number of carbonyl (C=O) groups is 1. The Labute approximate surface area is 124 Å². The number of hydrogen-bond donors (Lipinski definition) is 0. The van der Waals surface area contributed by atoms with Crippen molar-refractivity contribution in [2.24, 2.45) is 7.05 Å². The van der Waals surface area contributed by atoms with Gasteiger partial charge in [-0.1, -0.05) is 0 Å². The molecule has 5 heteroatoms. The zero-order valence-corrected chi connectivity index (χ0v) is 12.5. The third kappa shape index (κ3) is 2.96. The van der Waals surface area contributed by atoms with E-state index < -0.39 is 0 Å². The van der Waals surface area contributed by atoms with E-state index in [2.05, 4.69) is 22.2 Å². The molecule has 3 heterocycles. The first-order valence-corrected chi connectivity index (χ1v) is 7.35. The molecule has 1 aliphatic heterocycles. The number of likely N-dealkylation sites (tertiary alicyclic amines) is 1. The average Bonchev–Trinajstić information content (AvgIpc) is 2.93. The van der Waals surface area contributed by atoms with Crippen LogP contribution in [0, 0.1) is 6.92 Å². The van der Waals surface area contributed by atoms with Gasteiger partial charge in [0.2, 0.25) is 0 Å². The molecule has 1 atom stereocenters. The van der Waals surface area contributed by atoms with E-state index in [1.165, 1.54) is 5.56 Å². The van der Waals surface area contributed by atoms with Gasteiger partial charge in [-0.2, -0.15) is 5.10 Å². The summed E-state index contributed by atoms with van der Waals surface area (Å²) in [5, 5.41) is 4.21. The molecule has 0 aromatic carbocycles. The highest BCUT2D eigenvalue weighted by molar-refractivity contribution is 5.92. The largest absolute Gasteiger partial charge is 0.337 e. The maximum Gasteiger partial charge on any atom is 0.274 e. The number of piperidine rings is 1. The number of amides is 1. The van der Waals surface area contributed by atoms with Crippen LogP contribution in [0.5, 0.6) is 0 Å². The van der Waals surface area contributed by atoms with E-state index in [0.29, 0.717) is 11.6 Å². The molecular weight excluding hydrogens is 264 g/mol. The Bertz CT molecular complexity index is 649. The van der Waals surface area contributed by atoms with Crippen LogP contribution < -0.4 is 0 Å². The van der Waals surface area contributed by atoms with Gasteiger partial charge in [0.05, 0.1) is 0 Å². The second-order valence-electron chi connectivity index (χ2n) is 5.70. The lowest BCUT2D eigenvalue weighted by molar-refractivity contribution is 0.0700. The fourth-order valence-electron chi connectivity index (χ4n) is 2.95. The monoisotopic (exact) mass is 284 g/mol. The number of carbonyl (C=O) groups excluding carboxylic acids is 1. The molecule has 0 N–H and O–H groups in total. The molecule has 1 fully saturated rings. The van der Waals surface area contributed by atoms with E-state index in [1.807, 2.05) is 25.1 Å². The van der Waals surface area contributed by atoms with E-state index in [9.17, 15) is 4.79 Å². The quantitative estimate of drug-likeness (QED) is 0.849. The van der Waals surface area contributed by atoms with Crippen LogP contribution in [-0.4, -0.2) is 38.7 Å². The number of hydrogen-bond acceptors (Lipinski definition) is 3. The van der Waals surface area contributed by atoms with Crippen LogP contribution in [0.1, 0.15) is 40.5 Å². The molecule has 2 aromatic rings. The Morgan fingerprint density at radius 1 is 1.38 bits per heavy atom. The summed E-state index contributed by atoms with van der Waals surface area (Å²) >= 11 is 0. The Kier molecular flexibility index (Phi) is 3.73. The SMILES string of the molecule is Cc1cc([C@@H]2CCCN(C(=O)c3ccn(C)n3)C2)ccn1. The van der Waals surface area contributed by atoms with Crippen LogP contribution in [0.15, 0.2) is 30.6 Å². The molecule has 2 aromatic heterocycles. The van der Waals surface area contributed by atoms with Gasteiger partial charge < -0.3 is 4.90 Å². The van der Waals surface area contributed by atoms with Gasteiger partial charge in [0.1, 0.15) is 5.69 Å². The van der Waals surface area contributed by atoms with Crippen molar-refractivity contribution in [3.63, 3.8) is 0 Å². The minimum absolute atomic E-state index is 0.0334. The molecule has 1 aliphatic rings. The van der Waals surface area contributed by atoms with Gasteiger partial charge in [0.25, 0.3) is 5.91 Å². The average molecular weight is 284 g/mol. The highest BCUT2D eigenvalue weighted by Gasteiger charge is 2.26. The number of pyridine rings is 1. The van der Waals surface area contributed by atoms with Crippen LogP contribution >= 0.6 is 0 Å². The summed E-state index contributed by atoms with van der Waals surface area (Å²) < 4.78 is 1.67. The topological polar surface area (TPSA) is 51.0 Å². The Morgan fingerprint density at radius 2 is 2.24 bits per heavy atom. The van der Waals surface area contributed by atoms with Crippen LogP contribution in [0.4, 0.5) is 0 Å². The molecule has 1 saturated heterocycles. The fourth-order valence-corrected chi connectivity index (χ4v) is 2.95. The minimum Gasteiger partial charge on any atom is -0.337 e. The molecule has 0 saturated carbocycles. The van der Waals surface area contributed by atoms with Gasteiger partial charge in [0.15, 0.2) is 0 Å². The molecule has 0 aliphatic carbocycles. The molecule has 0 bridgehead atoms. The normalized spacial score (nSPS) is 18.8. The second-order valence-corrected chi connectivity index (χ2v) is 5.70. The van der Waals surface area contributed by atoms with Gasteiger partial charge in [-0.05, 0) is 43.5 Å². The standard InChI is InChI=1S/C16H20N4O/c1-12-10-13(5-7-17-12)14-4-3-8-20(11-14)16(21)15-6-9-19(2)18-15/h5-7,9-10,14H,3-4,8,11H2,1-2H3/t14-/m1/s1. The van der Waals surface area contributed by atoms with Crippen molar-refractivity contribution in [3.8, 4) is 0 Å². The highest BCUT2D eigenvalue weighted by atomic mass is 16.2. The van der Waals surface area contributed by atoms with E-state index in [-0.39, 0.29) is 5.91 Å². The third-order valence-electron chi connectivity index (χ3n) is 4.03. The first kappa shape index (κ1) is 13.8. The van der Waals surface area contributed by atoms with Crippen LogP contribution in [0.3, 0.4) is 0 Å². The molecule has 0 unspecified atom stereocenters. The van der Waals surface area contributed by atoms with Gasteiger partial charge in [-0.15, -0.1) is 0 Å². The lowest BCUT2D eigenvalue weighted by Crippen LogP contribution is -2.39. The Morgan fingerprint density at radius 3 is 2.95 bits per heavy atom. The van der Waals surface area contributed by atoms with Gasteiger partial charge in [0, 0.05) is 44.1 Å². The van der Waals surface area contributed by atoms with E-state index in [4.69, 9.17) is 0 Å².